The van der Waals surface area contributed by atoms with Crippen LogP contribution in [-0.2, 0) is 13.3 Å². The number of hydrogen-bond acceptors (Lipinski definition) is 6. The Morgan fingerprint density at radius 3 is 0.595 bits per heavy atom. The second kappa shape index (κ2) is 25.8. The molecule has 10 heteroatoms. The van der Waals surface area contributed by atoms with E-state index in [4.69, 9.17) is 27.2 Å². The Kier molecular flexibility index (Phi) is 18.5. The lowest BCUT2D eigenvalue weighted by Crippen LogP contribution is -2.47. The smallest absolute Gasteiger partial charge is 0.490 e. The van der Waals surface area contributed by atoms with Crippen molar-refractivity contribution in [3.05, 3.63) is 271 Å². The van der Waals surface area contributed by atoms with Crippen molar-refractivity contribution in [3.8, 4) is 17.2 Å². The molecule has 0 fully saturated rings. The molecule has 9 aromatic rings. The van der Waals surface area contributed by atoms with Crippen LogP contribution in [0.1, 0.15) is 97.3 Å². The third kappa shape index (κ3) is 15.2. The molecule has 3 unspecified atom stereocenters. The Balaban J connectivity index is 1.00. The third-order valence-electron chi connectivity index (χ3n) is 14.0. The van der Waals surface area contributed by atoms with E-state index < -0.39 is 34.4 Å². The first kappa shape index (κ1) is 56.7. The molecule has 3 atom stereocenters. The summed E-state index contributed by atoms with van der Waals surface area (Å²) in [5.74, 6) is 1.77. The van der Waals surface area contributed by atoms with Crippen LogP contribution in [0.2, 0.25) is 0 Å². The second-order valence-electron chi connectivity index (χ2n) is 23.6. The first-order valence-electron chi connectivity index (χ1n) is 27.6. The Morgan fingerprint density at radius 2 is 0.430 bits per heavy atom. The minimum Gasteiger partial charge on any atom is -0.490 e. The quantitative estimate of drug-likeness (QED) is 0.0669. The molecule has 0 bridgehead atoms. The molecule has 0 aliphatic heterocycles. The average molecular weight is 1100 g/mol. The van der Waals surface area contributed by atoms with E-state index >= 15 is 0 Å². The molecule has 6 nitrogen and oxygen atoms in total. The number of benzene rings is 9. The van der Waals surface area contributed by atoms with Gasteiger partial charge in [0.15, 0.2) is 0 Å². The summed E-state index contributed by atoms with van der Waals surface area (Å²) in [6.45, 7) is 20.2. The van der Waals surface area contributed by atoms with E-state index in [1.54, 1.807) is 0 Å². The van der Waals surface area contributed by atoms with Crippen molar-refractivity contribution in [3.63, 3.8) is 0 Å². The fraction of sp³-hybridized carbons (Fsp3) is 0.217. The standard InChI is InChI=1S/C69H75BO6Si3/c1-67(2,3)64(74-77(58-28-16-10-17-29-58)59-30-18-11-19-31-59)52-40-46-55(47-41-52)71-70(72-56-48-42-53(43-49-56)65(68(4,5)6)75-78(60-32-20-12-21-33-60)61-34-22-13-23-35-61)73-57-50-44-54(45-51-57)66(69(7,8)9)76-79(62-36-24-14-25-37-62)63-38-26-15-27-39-63/h10-51,64-66,77-79H,1-9H3. The average Bonchev–Trinajstić information content (AvgIpc) is 3.45. The first-order valence-corrected chi connectivity index (χ1v) is 32.5. The highest BCUT2D eigenvalue weighted by Crippen LogP contribution is 2.40. The molecule has 0 heterocycles. The van der Waals surface area contributed by atoms with Gasteiger partial charge in [-0.25, -0.2) is 0 Å². The van der Waals surface area contributed by atoms with E-state index in [0.717, 1.165) is 16.7 Å². The lowest BCUT2D eigenvalue weighted by Gasteiger charge is -2.35. The summed E-state index contributed by atoms with van der Waals surface area (Å²) < 4.78 is 42.1. The summed E-state index contributed by atoms with van der Waals surface area (Å²) in [5, 5.41) is 7.42. The third-order valence-corrected chi connectivity index (χ3v) is 21.6. The lowest BCUT2D eigenvalue weighted by molar-refractivity contribution is 0.0896. The van der Waals surface area contributed by atoms with Gasteiger partial charge in [0.1, 0.15) is 17.2 Å². The van der Waals surface area contributed by atoms with Crippen LogP contribution < -0.4 is 45.1 Å². The SMILES string of the molecule is CC(C)(C)C(O[SiH](c1ccccc1)c1ccccc1)c1ccc(OB(Oc2ccc(C(O[SiH](c3ccccc3)c3ccccc3)C(C)(C)C)cc2)Oc2ccc(C(O[SiH](c3ccccc3)c3ccccc3)C(C)(C)C)cc2)cc1. The molecule has 0 spiro atoms. The van der Waals surface area contributed by atoms with E-state index in [2.05, 4.69) is 281 Å². The van der Waals surface area contributed by atoms with Crippen molar-refractivity contribution in [1.82, 2.24) is 0 Å². The van der Waals surface area contributed by atoms with Crippen LogP contribution in [0.3, 0.4) is 0 Å². The molecule has 0 N–H and O–H groups in total. The molecule has 0 aliphatic carbocycles. The molecule has 0 saturated heterocycles. The van der Waals surface area contributed by atoms with Gasteiger partial charge in [-0.1, -0.05) is 281 Å². The summed E-state index contributed by atoms with van der Waals surface area (Å²) >= 11 is 0. The zero-order valence-electron chi connectivity index (χ0n) is 47.2. The zero-order chi connectivity index (χ0) is 55.4. The molecule has 0 aromatic heterocycles. The van der Waals surface area contributed by atoms with Crippen LogP contribution in [0.4, 0.5) is 0 Å². The van der Waals surface area contributed by atoms with E-state index in [9.17, 15) is 0 Å². The maximum Gasteiger partial charge on any atom is 0.864 e. The van der Waals surface area contributed by atoms with Crippen molar-refractivity contribution in [2.45, 2.75) is 80.6 Å². The molecular weight excluding hydrogens is 1020 g/mol. The predicted molar refractivity (Wildman–Crippen MR) is 335 cm³/mol. The summed E-state index contributed by atoms with van der Waals surface area (Å²) in [7, 11) is -7.43. The summed E-state index contributed by atoms with van der Waals surface area (Å²) in [4.78, 5) is 0. The zero-order valence-corrected chi connectivity index (χ0v) is 50.7. The number of rotatable bonds is 21. The van der Waals surface area contributed by atoms with E-state index in [1.807, 2.05) is 36.4 Å². The second-order valence-corrected chi connectivity index (χ2v) is 30.7. The molecule has 0 saturated carbocycles. The van der Waals surface area contributed by atoms with Crippen molar-refractivity contribution in [1.29, 1.82) is 0 Å². The first-order chi connectivity index (χ1) is 38.1. The maximum absolute atomic E-state index is 7.31. The van der Waals surface area contributed by atoms with Gasteiger partial charge in [0.2, 0.25) is 27.1 Å². The van der Waals surface area contributed by atoms with Gasteiger partial charge < -0.3 is 27.2 Å². The van der Waals surface area contributed by atoms with Gasteiger partial charge >= 0.3 is 7.32 Å². The molecule has 402 valence electrons. The van der Waals surface area contributed by atoms with Gasteiger partial charge in [0, 0.05) is 0 Å². The van der Waals surface area contributed by atoms with Crippen molar-refractivity contribution in [2.75, 3.05) is 0 Å². The maximum atomic E-state index is 7.31. The van der Waals surface area contributed by atoms with E-state index in [0.29, 0.717) is 17.2 Å². The summed E-state index contributed by atoms with van der Waals surface area (Å²) in [6, 6.07) is 88.5. The van der Waals surface area contributed by atoms with Gasteiger partial charge in [-0.15, -0.1) is 0 Å². The topological polar surface area (TPSA) is 55.4 Å². The molecule has 0 aliphatic rings. The van der Waals surface area contributed by atoms with Crippen LogP contribution in [0.5, 0.6) is 17.2 Å². The van der Waals surface area contributed by atoms with Gasteiger partial charge in [-0.2, -0.15) is 0 Å². The fourth-order valence-electron chi connectivity index (χ4n) is 10.1. The van der Waals surface area contributed by atoms with Crippen LogP contribution in [0, 0.1) is 16.2 Å². The molecule has 0 amide bonds. The molecule has 79 heavy (non-hydrogen) atoms. The molecular formula is C69H75BO6Si3. The predicted octanol–water partition coefficient (Wildman–Crippen LogP) is 12.1. The van der Waals surface area contributed by atoms with Crippen molar-refractivity contribution in [2.24, 2.45) is 16.2 Å². The minimum absolute atomic E-state index is 0.197. The minimum atomic E-state index is -2.09. The Hall–Kier alpha value is -7.02. The van der Waals surface area contributed by atoms with Gasteiger partial charge in [-0.3, -0.25) is 0 Å². The largest absolute Gasteiger partial charge is 0.864 e. The van der Waals surface area contributed by atoms with Crippen LogP contribution in [0.25, 0.3) is 0 Å². The van der Waals surface area contributed by atoms with E-state index in [-0.39, 0.29) is 34.6 Å². The van der Waals surface area contributed by atoms with E-state index in [1.165, 1.54) is 31.1 Å². The van der Waals surface area contributed by atoms with Crippen molar-refractivity contribution >= 4 is 65.6 Å². The molecule has 9 aromatic carbocycles. The highest BCUT2D eigenvalue weighted by Gasteiger charge is 2.37. The molecule has 9 rings (SSSR count). The van der Waals surface area contributed by atoms with Crippen LogP contribution in [0.15, 0.2) is 255 Å². The fourth-order valence-corrected chi connectivity index (χ4v) is 18.2. The normalized spacial score (nSPS) is 13.2. The van der Waals surface area contributed by atoms with Gasteiger partial charge in [0.25, 0.3) is 0 Å². The molecule has 0 radical (unpaired) electrons. The Morgan fingerprint density at radius 1 is 0.253 bits per heavy atom. The van der Waals surface area contributed by atoms with Crippen LogP contribution in [-0.4, -0.2) is 34.4 Å². The highest BCUT2D eigenvalue weighted by molar-refractivity contribution is 6.81. The van der Waals surface area contributed by atoms with Crippen molar-refractivity contribution < 1.29 is 27.2 Å². The monoisotopic (exact) mass is 1090 g/mol. The Labute approximate surface area is 475 Å². The summed E-state index contributed by atoms with van der Waals surface area (Å²) in [5.41, 5.74) is 2.56. The Bertz CT molecular complexity index is 2760. The lowest BCUT2D eigenvalue weighted by atomic mass is 9.85. The summed E-state index contributed by atoms with van der Waals surface area (Å²) in [6.07, 6.45) is -0.590. The highest BCUT2D eigenvalue weighted by atomic mass is 28.3. The van der Waals surface area contributed by atoms with Gasteiger partial charge in [-0.05, 0) is 100 Å². The van der Waals surface area contributed by atoms with Crippen LogP contribution >= 0.6 is 0 Å². The number of hydrogen-bond donors (Lipinski definition) is 0. The van der Waals surface area contributed by atoms with Gasteiger partial charge in [0.05, 0.1) is 18.3 Å².